The first kappa shape index (κ1) is 16.0. The Morgan fingerprint density at radius 3 is 2.52 bits per heavy atom. The van der Waals surface area contributed by atoms with Crippen LogP contribution in [0.15, 0.2) is 35.7 Å². The largest absolute Gasteiger partial charge is 0.338 e. The Balaban J connectivity index is 1.32. The molecule has 1 aromatic carbocycles. The van der Waals surface area contributed by atoms with Gasteiger partial charge >= 0.3 is 0 Å². The highest BCUT2D eigenvalue weighted by atomic mass is 32.1. The molecule has 0 unspecified atom stereocenters. The van der Waals surface area contributed by atoms with Gasteiger partial charge in [-0.15, -0.1) is 11.3 Å². The van der Waals surface area contributed by atoms with Crippen molar-refractivity contribution in [3.8, 4) is 0 Å². The molecule has 3 heterocycles. The van der Waals surface area contributed by atoms with Gasteiger partial charge in [-0.05, 0) is 42.0 Å². The number of thiophene rings is 1. The molecular formula is C19H18N2O3S. The van der Waals surface area contributed by atoms with E-state index < -0.39 is 0 Å². The molecule has 6 heteroatoms. The summed E-state index contributed by atoms with van der Waals surface area (Å²) in [5.41, 5.74) is 2.16. The van der Waals surface area contributed by atoms with Gasteiger partial charge in [-0.1, -0.05) is 12.1 Å². The van der Waals surface area contributed by atoms with Gasteiger partial charge < -0.3 is 4.90 Å². The molecule has 5 nitrogen and oxygen atoms in total. The average Bonchev–Trinajstić information content (AvgIpc) is 3.20. The van der Waals surface area contributed by atoms with Crippen molar-refractivity contribution in [2.75, 3.05) is 13.1 Å². The first-order valence-corrected chi connectivity index (χ1v) is 9.31. The monoisotopic (exact) mass is 354 g/mol. The summed E-state index contributed by atoms with van der Waals surface area (Å²) in [5.74, 6) is -0.420. The lowest BCUT2D eigenvalue weighted by Crippen LogP contribution is -2.36. The highest BCUT2D eigenvalue weighted by molar-refractivity contribution is 7.10. The Labute approximate surface area is 149 Å². The molecule has 0 radical (unpaired) electrons. The molecule has 0 aliphatic carbocycles. The minimum atomic E-state index is -0.256. The van der Waals surface area contributed by atoms with Crippen molar-refractivity contribution < 1.29 is 14.4 Å². The number of hydrogen-bond donors (Lipinski definition) is 0. The van der Waals surface area contributed by atoms with Crippen LogP contribution in [0.3, 0.4) is 0 Å². The van der Waals surface area contributed by atoms with Gasteiger partial charge in [-0.3, -0.25) is 19.3 Å². The third-order valence-corrected chi connectivity index (χ3v) is 5.83. The molecule has 1 aromatic heterocycles. The molecule has 0 atom stereocenters. The number of benzene rings is 1. The second-order valence-corrected chi connectivity index (χ2v) is 7.35. The third-order valence-electron chi connectivity index (χ3n) is 4.81. The number of rotatable bonds is 4. The van der Waals surface area contributed by atoms with Gasteiger partial charge in [0.2, 0.25) is 5.91 Å². The van der Waals surface area contributed by atoms with Crippen LogP contribution in [-0.2, 0) is 17.8 Å². The average molecular weight is 354 g/mol. The molecule has 2 aliphatic heterocycles. The van der Waals surface area contributed by atoms with Gasteiger partial charge in [0.05, 0.1) is 11.1 Å². The molecule has 3 amide bonds. The molecule has 25 heavy (non-hydrogen) atoms. The number of imide groups is 1. The van der Waals surface area contributed by atoms with E-state index in [2.05, 4.69) is 11.4 Å². The van der Waals surface area contributed by atoms with Crippen molar-refractivity contribution in [1.82, 2.24) is 9.80 Å². The highest BCUT2D eigenvalue weighted by Gasteiger charge is 2.34. The van der Waals surface area contributed by atoms with Gasteiger partial charge in [0, 0.05) is 30.9 Å². The first-order valence-electron chi connectivity index (χ1n) is 8.43. The van der Waals surface area contributed by atoms with E-state index in [0.29, 0.717) is 30.5 Å². The van der Waals surface area contributed by atoms with Crippen LogP contribution in [0.1, 0.15) is 44.0 Å². The Morgan fingerprint density at radius 1 is 1.08 bits per heavy atom. The zero-order chi connectivity index (χ0) is 17.4. The summed E-state index contributed by atoms with van der Waals surface area (Å²) >= 11 is 1.75. The predicted octanol–water partition coefficient (Wildman–Crippen LogP) is 2.71. The summed E-state index contributed by atoms with van der Waals surface area (Å²) < 4.78 is 0. The van der Waals surface area contributed by atoms with Crippen molar-refractivity contribution in [3.05, 3.63) is 57.3 Å². The van der Waals surface area contributed by atoms with Crippen LogP contribution in [0.5, 0.6) is 0 Å². The molecule has 0 fully saturated rings. The number of carbonyl (C=O) groups excluding carboxylic acids is 3. The number of hydrogen-bond acceptors (Lipinski definition) is 4. The fourth-order valence-corrected chi connectivity index (χ4v) is 4.34. The number of nitrogens with zero attached hydrogens (tertiary/aromatic N) is 2. The van der Waals surface area contributed by atoms with Crippen molar-refractivity contribution in [1.29, 1.82) is 0 Å². The van der Waals surface area contributed by atoms with Crippen molar-refractivity contribution >= 4 is 29.1 Å². The molecule has 0 saturated carbocycles. The molecular weight excluding hydrogens is 336 g/mol. The zero-order valence-corrected chi connectivity index (χ0v) is 14.6. The Kier molecular flexibility index (Phi) is 4.13. The van der Waals surface area contributed by atoms with Gasteiger partial charge in [0.15, 0.2) is 0 Å². The molecule has 0 spiro atoms. The fraction of sp³-hybridized carbons (Fsp3) is 0.316. The van der Waals surface area contributed by atoms with Crippen LogP contribution in [0, 0.1) is 0 Å². The van der Waals surface area contributed by atoms with E-state index in [1.807, 2.05) is 4.90 Å². The highest BCUT2D eigenvalue weighted by Crippen LogP contribution is 2.25. The topological polar surface area (TPSA) is 57.7 Å². The maximum Gasteiger partial charge on any atom is 0.261 e. The van der Waals surface area contributed by atoms with Gasteiger partial charge in [-0.25, -0.2) is 0 Å². The van der Waals surface area contributed by atoms with Gasteiger partial charge in [0.1, 0.15) is 0 Å². The van der Waals surface area contributed by atoms with Gasteiger partial charge in [0.25, 0.3) is 11.8 Å². The van der Waals surface area contributed by atoms with E-state index in [1.54, 1.807) is 35.6 Å². The number of fused-ring (bicyclic) bond motifs is 2. The summed E-state index contributed by atoms with van der Waals surface area (Å²) in [6.07, 6.45) is 1.77. The van der Waals surface area contributed by atoms with E-state index in [9.17, 15) is 14.4 Å². The van der Waals surface area contributed by atoms with Crippen LogP contribution in [-0.4, -0.2) is 40.6 Å². The minimum Gasteiger partial charge on any atom is -0.338 e. The lowest BCUT2D eigenvalue weighted by molar-refractivity contribution is -0.132. The summed E-state index contributed by atoms with van der Waals surface area (Å²) in [5, 5.41) is 2.07. The molecule has 4 rings (SSSR count). The molecule has 2 aliphatic rings. The summed E-state index contributed by atoms with van der Waals surface area (Å²) in [6, 6.07) is 8.94. The van der Waals surface area contributed by atoms with E-state index >= 15 is 0 Å². The fourth-order valence-electron chi connectivity index (χ4n) is 3.45. The molecule has 0 saturated heterocycles. The SMILES string of the molecule is O=C(CCCN1C(=O)c2ccccc2C1=O)N1CCc2sccc2C1. The summed E-state index contributed by atoms with van der Waals surface area (Å²) in [6.45, 7) is 1.71. The predicted molar refractivity (Wildman–Crippen MR) is 94.5 cm³/mol. The Morgan fingerprint density at radius 2 is 1.80 bits per heavy atom. The van der Waals surface area contributed by atoms with Crippen LogP contribution in [0.2, 0.25) is 0 Å². The van der Waals surface area contributed by atoms with Crippen molar-refractivity contribution in [3.63, 3.8) is 0 Å². The van der Waals surface area contributed by atoms with E-state index in [-0.39, 0.29) is 24.3 Å². The van der Waals surface area contributed by atoms with E-state index in [4.69, 9.17) is 0 Å². The maximum absolute atomic E-state index is 12.4. The van der Waals surface area contributed by atoms with E-state index in [1.165, 1.54) is 15.3 Å². The van der Waals surface area contributed by atoms with Crippen molar-refractivity contribution in [2.24, 2.45) is 0 Å². The van der Waals surface area contributed by atoms with E-state index in [0.717, 1.165) is 13.0 Å². The molecule has 2 aromatic rings. The smallest absolute Gasteiger partial charge is 0.261 e. The second-order valence-electron chi connectivity index (χ2n) is 6.35. The molecule has 128 valence electrons. The van der Waals surface area contributed by atoms with Crippen molar-refractivity contribution in [2.45, 2.75) is 25.8 Å². The Hall–Kier alpha value is -2.47. The van der Waals surface area contributed by atoms with Crippen LogP contribution >= 0.6 is 11.3 Å². The first-order chi connectivity index (χ1) is 12.1. The number of carbonyl (C=O) groups is 3. The quantitative estimate of drug-likeness (QED) is 0.793. The molecule has 0 N–H and O–H groups in total. The maximum atomic E-state index is 12.4. The lowest BCUT2D eigenvalue weighted by Gasteiger charge is -2.27. The third kappa shape index (κ3) is 2.87. The summed E-state index contributed by atoms with van der Waals surface area (Å²) in [4.78, 5) is 41.5. The number of amides is 3. The molecule has 0 bridgehead atoms. The van der Waals surface area contributed by atoms with Crippen LogP contribution in [0.4, 0.5) is 0 Å². The second kappa shape index (κ2) is 6.44. The lowest BCUT2D eigenvalue weighted by atomic mass is 10.1. The van der Waals surface area contributed by atoms with Crippen LogP contribution in [0.25, 0.3) is 0 Å². The van der Waals surface area contributed by atoms with Crippen LogP contribution < -0.4 is 0 Å². The van der Waals surface area contributed by atoms with Gasteiger partial charge in [-0.2, -0.15) is 0 Å². The normalized spacial score (nSPS) is 16.2. The summed E-state index contributed by atoms with van der Waals surface area (Å²) in [7, 11) is 0. The standard InChI is InChI=1S/C19H18N2O3S/c22-17(20-10-7-16-13(12-20)8-11-25-16)6-3-9-21-18(23)14-4-1-2-5-15(14)19(21)24/h1-2,4-5,8,11H,3,6-7,9-10,12H2. The minimum absolute atomic E-state index is 0.0912. The Bertz CT molecular complexity index is 823. The zero-order valence-electron chi connectivity index (χ0n) is 13.7.